The highest BCUT2D eigenvalue weighted by Crippen LogP contribution is 2.22. The molecule has 19 heavy (non-hydrogen) atoms. The number of aromatic nitrogens is 1. The van der Waals surface area contributed by atoms with Crippen molar-refractivity contribution >= 4 is 22.4 Å². The first kappa shape index (κ1) is 13.6. The van der Waals surface area contributed by atoms with E-state index in [1.165, 1.54) is 11.3 Å². The summed E-state index contributed by atoms with van der Waals surface area (Å²) in [6, 6.07) is 3.78. The smallest absolute Gasteiger partial charge is 0.357 e. The molecule has 0 unspecified atom stereocenters. The van der Waals surface area contributed by atoms with E-state index in [2.05, 4.69) is 4.98 Å². The Balaban J connectivity index is 2.09. The summed E-state index contributed by atoms with van der Waals surface area (Å²) in [5, 5.41) is 2.51. The van der Waals surface area contributed by atoms with Gasteiger partial charge in [0.25, 0.3) is 0 Å². The second kappa shape index (κ2) is 6.38. The Labute approximate surface area is 115 Å². The monoisotopic (exact) mass is 280 g/mol. The molecule has 0 saturated carbocycles. The van der Waals surface area contributed by atoms with Crippen molar-refractivity contribution in [3.05, 3.63) is 35.2 Å². The van der Waals surface area contributed by atoms with E-state index in [9.17, 15) is 4.79 Å². The summed E-state index contributed by atoms with van der Waals surface area (Å²) in [4.78, 5) is 17.9. The lowest BCUT2D eigenvalue weighted by atomic mass is 10.4. The van der Waals surface area contributed by atoms with Crippen LogP contribution in [0.15, 0.2) is 28.2 Å². The van der Waals surface area contributed by atoms with Crippen molar-refractivity contribution in [1.82, 2.24) is 4.98 Å². The molecule has 0 amide bonds. The maximum absolute atomic E-state index is 11.6. The van der Waals surface area contributed by atoms with E-state index in [1.807, 2.05) is 24.0 Å². The second-order valence-corrected chi connectivity index (χ2v) is 4.67. The van der Waals surface area contributed by atoms with Gasteiger partial charge in [0.05, 0.1) is 19.4 Å². The molecule has 2 rings (SSSR count). The number of ether oxygens (including phenoxy) is 1. The van der Waals surface area contributed by atoms with Gasteiger partial charge in [0, 0.05) is 11.9 Å². The molecule has 0 saturated heterocycles. The molecule has 102 valence electrons. The third-order valence-corrected chi connectivity index (χ3v) is 3.46. The first-order chi connectivity index (χ1) is 9.24. The molecule has 6 heteroatoms. The molecule has 0 spiro atoms. The number of carbonyl (C=O) groups excluding carboxylic acids is 1. The van der Waals surface area contributed by atoms with Crippen molar-refractivity contribution in [1.29, 1.82) is 0 Å². The number of carbonyl (C=O) groups is 1. The van der Waals surface area contributed by atoms with Crippen LogP contribution in [0, 0.1) is 0 Å². The normalized spacial score (nSPS) is 10.4. The molecule has 2 heterocycles. The lowest BCUT2D eigenvalue weighted by molar-refractivity contribution is 0.0520. The van der Waals surface area contributed by atoms with Crippen LogP contribution in [0.4, 0.5) is 5.13 Å². The standard InChI is InChI=1S/C13H16N2O3S/c1-3-15(8-10-6-5-7-18-10)13-14-11(9-19-13)12(16)17-4-2/h5-7,9H,3-4,8H2,1-2H3. The van der Waals surface area contributed by atoms with E-state index in [0.29, 0.717) is 18.8 Å². The van der Waals surface area contributed by atoms with Crippen LogP contribution in [0.1, 0.15) is 30.1 Å². The zero-order chi connectivity index (χ0) is 13.7. The van der Waals surface area contributed by atoms with Gasteiger partial charge in [-0.3, -0.25) is 0 Å². The van der Waals surface area contributed by atoms with E-state index in [-0.39, 0.29) is 5.97 Å². The third-order valence-electron chi connectivity index (χ3n) is 2.56. The van der Waals surface area contributed by atoms with Gasteiger partial charge in [-0.2, -0.15) is 0 Å². The lowest BCUT2D eigenvalue weighted by Crippen LogP contribution is -2.21. The van der Waals surface area contributed by atoms with E-state index in [0.717, 1.165) is 17.4 Å². The van der Waals surface area contributed by atoms with Gasteiger partial charge in [-0.15, -0.1) is 11.3 Å². The third kappa shape index (κ3) is 3.35. The molecule has 0 aliphatic carbocycles. The minimum absolute atomic E-state index is 0.357. The topological polar surface area (TPSA) is 55.6 Å². The van der Waals surface area contributed by atoms with E-state index < -0.39 is 0 Å². The summed E-state index contributed by atoms with van der Waals surface area (Å²) in [5.41, 5.74) is 0.361. The van der Waals surface area contributed by atoms with Crippen molar-refractivity contribution in [2.24, 2.45) is 0 Å². The molecule has 0 fully saturated rings. The predicted octanol–water partition coefficient (Wildman–Crippen LogP) is 2.94. The maximum atomic E-state index is 11.6. The van der Waals surface area contributed by atoms with Gasteiger partial charge in [0.2, 0.25) is 0 Å². The minimum Gasteiger partial charge on any atom is -0.467 e. The quantitative estimate of drug-likeness (QED) is 0.761. The first-order valence-electron chi connectivity index (χ1n) is 6.14. The number of anilines is 1. The largest absolute Gasteiger partial charge is 0.467 e. The zero-order valence-electron chi connectivity index (χ0n) is 11.0. The molecule has 0 aliphatic rings. The summed E-state index contributed by atoms with van der Waals surface area (Å²) < 4.78 is 10.3. The Morgan fingerprint density at radius 2 is 2.37 bits per heavy atom. The highest BCUT2D eigenvalue weighted by atomic mass is 32.1. The Hall–Kier alpha value is -1.82. The van der Waals surface area contributed by atoms with Crippen molar-refractivity contribution in [2.75, 3.05) is 18.1 Å². The van der Waals surface area contributed by atoms with Crippen molar-refractivity contribution in [3.8, 4) is 0 Å². The summed E-state index contributed by atoms with van der Waals surface area (Å²) in [5.74, 6) is 0.494. The van der Waals surface area contributed by atoms with Crippen molar-refractivity contribution in [2.45, 2.75) is 20.4 Å². The number of esters is 1. The molecule has 0 radical (unpaired) electrons. The van der Waals surface area contributed by atoms with E-state index in [4.69, 9.17) is 9.15 Å². The van der Waals surface area contributed by atoms with Crippen LogP contribution in [0.2, 0.25) is 0 Å². The average molecular weight is 280 g/mol. The van der Waals surface area contributed by atoms with E-state index in [1.54, 1.807) is 18.6 Å². The first-order valence-corrected chi connectivity index (χ1v) is 7.02. The number of nitrogens with zero attached hydrogens (tertiary/aromatic N) is 2. The molecule has 0 N–H and O–H groups in total. The van der Waals surface area contributed by atoms with Crippen LogP contribution in [0.3, 0.4) is 0 Å². The van der Waals surface area contributed by atoms with Gasteiger partial charge in [-0.1, -0.05) is 0 Å². The fraction of sp³-hybridized carbons (Fsp3) is 0.385. The van der Waals surface area contributed by atoms with Crippen molar-refractivity contribution < 1.29 is 13.9 Å². The van der Waals surface area contributed by atoms with Gasteiger partial charge < -0.3 is 14.1 Å². The van der Waals surface area contributed by atoms with Crippen LogP contribution in [0.5, 0.6) is 0 Å². The molecule has 0 aromatic carbocycles. The molecule has 0 aliphatic heterocycles. The molecule has 0 bridgehead atoms. The van der Waals surface area contributed by atoms with Gasteiger partial charge in [-0.25, -0.2) is 9.78 Å². The molecular formula is C13H16N2O3S. The van der Waals surface area contributed by atoms with Crippen LogP contribution in [-0.4, -0.2) is 24.1 Å². The molecule has 0 atom stereocenters. The maximum Gasteiger partial charge on any atom is 0.357 e. The van der Waals surface area contributed by atoms with Crippen molar-refractivity contribution in [3.63, 3.8) is 0 Å². The second-order valence-electron chi connectivity index (χ2n) is 3.83. The Morgan fingerprint density at radius 1 is 1.53 bits per heavy atom. The van der Waals surface area contributed by atoms with Crippen LogP contribution < -0.4 is 4.90 Å². The summed E-state index contributed by atoms with van der Waals surface area (Å²) >= 11 is 1.43. The predicted molar refractivity (Wildman–Crippen MR) is 73.5 cm³/mol. The van der Waals surface area contributed by atoms with Crippen LogP contribution in [0.25, 0.3) is 0 Å². The Morgan fingerprint density at radius 3 is 3.00 bits per heavy atom. The number of thiazole rings is 1. The van der Waals surface area contributed by atoms with Gasteiger partial charge in [0.15, 0.2) is 10.8 Å². The van der Waals surface area contributed by atoms with E-state index >= 15 is 0 Å². The highest BCUT2D eigenvalue weighted by molar-refractivity contribution is 7.13. The van der Waals surface area contributed by atoms with Crippen LogP contribution in [-0.2, 0) is 11.3 Å². The number of rotatable bonds is 6. The Kier molecular flexibility index (Phi) is 4.57. The number of hydrogen-bond donors (Lipinski definition) is 0. The fourth-order valence-electron chi connectivity index (χ4n) is 1.61. The summed E-state index contributed by atoms with van der Waals surface area (Å²) in [6.07, 6.45) is 1.65. The number of hydrogen-bond acceptors (Lipinski definition) is 6. The molecule has 5 nitrogen and oxygen atoms in total. The minimum atomic E-state index is -0.376. The Bertz CT molecular complexity index is 522. The van der Waals surface area contributed by atoms with Crippen LogP contribution >= 0.6 is 11.3 Å². The number of furan rings is 1. The summed E-state index contributed by atoms with van der Waals surface area (Å²) in [6.45, 7) is 5.60. The van der Waals surface area contributed by atoms with Gasteiger partial charge in [-0.05, 0) is 26.0 Å². The average Bonchev–Trinajstić information content (AvgIpc) is 3.07. The highest BCUT2D eigenvalue weighted by Gasteiger charge is 2.15. The van der Waals surface area contributed by atoms with Gasteiger partial charge >= 0.3 is 5.97 Å². The summed E-state index contributed by atoms with van der Waals surface area (Å²) in [7, 11) is 0. The molecule has 2 aromatic rings. The SMILES string of the molecule is CCOC(=O)c1csc(N(CC)Cc2ccco2)n1. The fourth-order valence-corrected chi connectivity index (χ4v) is 2.47. The van der Waals surface area contributed by atoms with Gasteiger partial charge in [0.1, 0.15) is 5.76 Å². The molecule has 2 aromatic heterocycles. The zero-order valence-corrected chi connectivity index (χ0v) is 11.8. The molecular weight excluding hydrogens is 264 g/mol. The lowest BCUT2D eigenvalue weighted by Gasteiger charge is -2.17.